The zero-order chi connectivity index (χ0) is 15.8. The molecule has 1 aliphatic rings. The highest BCUT2D eigenvalue weighted by molar-refractivity contribution is 7.89. The van der Waals surface area contributed by atoms with E-state index in [1.54, 1.807) is 19.2 Å². The molecule has 118 valence electrons. The number of likely N-dealkylation sites (tertiary alicyclic amines) is 1. The first kappa shape index (κ1) is 16.0. The van der Waals surface area contributed by atoms with Gasteiger partial charge in [0.25, 0.3) is 5.91 Å². The number of carbonyl (C=O) groups is 1. The molecule has 0 spiro atoms. The molecule has 0 bridgehead atoms. The molecule has 2 N–H and O–H groups in total. The minimum Gasteiger partial charge on any atom is -0.391 e. The Hall–Kier alpha value is -1.38. The summed E-state index contributed by atoms with van der Waals surface area (Å²) in [5.41, 5.74) is 1.32. The van der Waals surface area contributed by atoms with Crippen molar-refractivity contribution in [1.82, 2.24) is 14.2 Å². The van der Waals surface area contributed by atoms with Crippen LogP contribution in [0.25, 0.3) is 0 Å². The summed E-state index contributed by atoms with van der Waals surface area (Å²) in [6.07, 6.45) is 0.867. The van der Waals surface area contributed by atoms with Crippen LogP contribution in [-0.4, -0.2) is 72.7 Å². The van der Waals surface area contributed by atoms with Crippen molar-refractivity contribution in [2.24, 2.45) is 5.92 Å². The van der Waals surface area contributed by atoms with Crippen LogP contribution in [0.5, 0.6) is 0 Å². The molecule has 0 aromatic carbocycles. The Morgan fingerprint density at radius 3 is 2.67 bits per heavy atom. The van der Waals surface area contributed by atoms with Crippen LogP contribution in [0.4, 0.5) is 0 Å². The standard InChI is InChI=1S/C13H21N3O4S/c1-9-11(4-5-14-9)13(18)16-6-10(12(17)7-16)8-21(19,20)15(2)3/h4-5,10,12,14,17H,6-8H2,1-3H3/t10-,12+/m0/s1. The molecule has 1 saturated heterocycles. The first-order valence-corrected chi connectivity index (χ1v) is 8.35. The van der Waals surface area contributed by atoms with E-state index in [0.29, 0.717) is 5.56 Å². The van der Waals surface area contributed by atoms with Gasteiger partial charge < -0.3 is 15.0 Å². The van der Waals surface area contributed by atoms with Gasteiger partial charge in [0.05, 0.1) is 17.4 Å². The molecule has 0 radical (unpaired) electrons. The fourth-order valence-corrected chi connectivity index (χ4v) is 3.62. The number of hydrogen-bond donors (Lipinski definition) is 2. The summed E-state index contributed by atoms with van der Waals surface area (Å²) in [7, 11) is -0.474. The summed E-state index contributed by atoms with van der Waals surface area (Å²) < 4.78 is 24.9. The number of aryl methyl sites for hydroxylation is 1. The predicted molar refractivity (Wildman–Crippen MR) is 78.4 cm³/mol. The molecular weight excluding hydrogens is 294 g/mol. The molecular formula is C13H21N3O4S. The van der Waals surface area contributed by atoms with Crippen LogP contribution in [0.3, 0.4) is 0 Å². The van der Waals surface area contributed by atoms with Gasteiger partial charge in [-0.3, -0.25) is 4.79 Å². The van der Waals surface area contributed by atoms with E-state index in [1.807, 2.05) is 0 Å². The van der Waals surface area contributed by atoms with Crippen LogP contribution in [0.15, 0.2) is 12.3 Å². The molecule has 1 amide bonds. The monoisotopic (exact) mass is 315 g/mol. The fourth-order valence-electron chi connectivity index (χ4n) is 2.46. The lowest BCUT2D eigenvalue weighted by atomic mass is 10.1. The van der Waals surface area contributed by atoms with Crippen LogP contribution in [0, 0.1) is 12.8 Å². The Morgan fingerprint density at radius 1 is 1.48 bits per heavy atom. The van der Waals surface area contributed by atoms with Crippen LogP contribution < -0.4 is 0 Å². The quantitative estimate of drug-likeness (QED) is 0.794. The van der Waals surface area contributed by atoms with Gasteiger partial charge in [-0.15, -0.1) is 0 Å². The molecule has 0 saturated carbocycles. The Kier molecular flexibility index (Phi) is 4.40. The van der Waals surface area contributed by atoms with Gasteiger partial charge in [-0.1, -0.05) is 0 Å². The maximum absolute atomic E-state index is 12.4. The number of aromatic amines is 1. The number of β-amino-alcohol motifs (C(OH)–C–C–N with tert-alkyl or cyclic N) is 1. The maximum atomic E-state index is 12.4. The predicted octanol–water partition coefficient (Wildman–Crippen LogP) is -0.353. The SMILES string of the molecule is Cc1[nH]ccc1C(=O)N1C[C@@H](CS(=O)(=O)N(C)C)[C@H](O)C1. The second-order valence-electron chi connectivity index (χ2n) is 5.61. The smallest absolute Gasteiger partial charge is 0.255 e. The highest BCUT2D eigenvalue weighted by Gasteiger charge is 2.37. The van der Waals surface area contributed by atoms with E-state index in [4.69, 9.17) is 0 Å². The van der Waals surface area contributed by atoms with Crippen molar-refractivity contribution in [2.75, 3.05) is 32.9 Å². The molecule has 0 unspecified atom stereocenters. The zero-order valence-electron chi connectivity index (χ0n) is 12.4. The Balaban J connectivity index is 2.08. The number of hydrogen-bond acceptors (Lipinski definition) is 4. The van der Waals surface area contributed by atoms with E-state index >= 15 is 0 Å². The molecule has 1 aromatic heterocycles. The highest BCUT2D eigenvalue weighted by Crippen LogP contribution is 2.22. The van der Waals surface area contributed by atoms with Crippen molar-refractivity contribution in [3.63, 3.8) is 0 Å². The number of aromatic nitrogens is 1. The van der Waals surface area contributed by atoms with Gasteiger partial charge in [0.1, 0.15) is 0 Å². The third-order valence-electron chi connectivity index (χ3n) is 3.86. The average Bonchev–Trinajstić information content (AvgIpc) is 2.95. The third-order valence-corrected chi connectivity index (χ3v) is 5.82. The van der Waals surface area contributed by atoms with Gasteiger partial charge in [-0.05, 0) is 13.0 Å². The number of H-pyrrole nitrogens is 1. The normalized spacial score (nSPS) is 23.0. The molecule has 21 heavy (non-hydrogen) atoms. The number of aliphatic hydroxyl groups excluding tert-OH is 1. The third kappa shape index (κ3) is 3.28. The van der Waals surface area contributed by atoms with E-state index in [9.17, 15) is 18.3 Å². The number of amides is 1. The van der Waals surface area contributed by atoms with Crippen LogP contribution >= 0.6 is 0 Å². The fraction of sp³-hybridized carbons (Fsp3) is 0.615. The molecule has 8 heteroatoms. The van der Waals surface area contributed by atoms with Gasteiger partial charge in [0.15, 0.2) is 0 Å². The van der Waals surface area contributed by atoms with E-state index in [0.717, 1.165) is 10.00 Å². The minimum absolute atomic E-state index is 0.156. The molecule has 2 rings (SSSR count). The first-order valence-electron chi connectivity index (χ1n) is 6.74. The van der Waals surface area contributed by atoms with Gasteiger partial charge >= 0.3 is 0 Å². The number of carbonyl (C=O) groups excluding carboxylic acids is 1. The second kappa shape index (κ2) is 5.78. The number of sulfonamides is 1. The maximum Gasteiger partial charge on any atom is 0.255 e. The molecule has 1 fully saturated rings. The van der Waals surface area contributed by atoms with Crippen molar-refractivity contribution < 1.29 is 18.3 Å². The van der Waals surface area contributed by atoms with Crippen molar-refractivity contribution in [3.8, 4) is 0 Å². The van der Waals surface area contributed by atoms with Crippen LogP contribution in [0.1, 0.15) is 16.1 Å². The number of rotatable bonds is 4. The van der Waals surface area contributed by atoms with Crippen molar-refractivity contribution in [2.45, 2.75) is 13.0 Å². The van der Waals surface area contributed by atoms with Gasteiger partial charge in [0, 0.05) is 45.0 Å². The Labute approximate surface area is 124 Å². The summed E-state index contributed by atoms with van der Waals surface area (Å²) in [6.45, 7) is 2.21. The second-order valence-corrected chi connectivity index (χ2v) is 7.84. The lowest BCUT2D eigenvalue weighted by Crippen LogP contribution is -2.33. The van der Waals surface area contributed by atoms with Crippen LogP contribution in [0.2, 0.25) is 0 Å². The number of aliphatic hydroxyl groups is 1. The number of nitrogens with zero attached hydrogens (tertiary/aromatic N) is 2. The largest absolute Gasteiger partial charge is 0.391 e. The highest BCUT2D eigenvalue weighted by atomic mass is 32.2. The van der Waals surface area contributed by atoms with E-state index in [2.05, 4.69) is 4.98 Å². The molecule has 7 nitrogen and oxygen atoms in total. The minimum atomic E-state index is -3.40. The number of nitrogens with one attached hydrogen (secondary N) is 1. The van der Waals surface area contributed by atoms with E-state index in [-0.39, 0.29) is 24.7 Å². The first-order chi connectivity index (χ1) is 9.72. The topological polar surface area (TPSA) is 93.7 Å². The zero-order valence-corrected chi connectivity index (χ0v) is 13.2. The van der Waals surface area contributed by atoms with Crippen LogP contribution in [-0.2, 0) is 10.0 Å². The molecule has 1 aromatic rings. The lowest BCUT2D eigenvalue weighted by molar-refractivity contribution is 0.0764. The van der Waals surface area contributed by atoms with Crippen molar-refractivity contribution in [1.29, 1.82) is 0 Å². The molecule has 2 atom stereocenters. The van der Waals surface area contributed by atoms with Gasteiger partial charge in [-0.25, -0.2) is 12.7 Å². The van der Waals surface area contributed by atoms with Crippen molar-refractivity contribution in [3.05, 3.63) is 23.5 Å². The Bertz CT molecular complexity index is 623. The summed E-state index contributed by atoms with van der Waals surface area (Å²) in [4.78, 5) is 16.8. The Morgan fingerprint density at radius 2 is 2.14 bits per heavy atom. The molecule has 1 aliphatic heterocycles. The van der Waals surface area contributed by atoms with Gasteiger partial charge in [-0.2, -0.15) is 0 Å². The summed E-state index contributed by atoms with van der Waals surface area (Å²) >= 11 is 0. The summed E-state index contributed by atoms with van der Waals surface area (Å²) in [5.74, 6) is -0.796. The molecule has 2 heterocycles. The summed E-state index contributed by atoms with van der Waals surface area (Å²) in [6, 6.07) is 1.69. The van der Waals surface area contributed by atoms with Gasteiger partial charge in [0.2, 0.25) is 10.0 Å². The summed E-state index contributed by atoms with van der Waals surface area (Å²) in [5, 5.41) is 10.0. The lowest BCUT2D eigenvalue weighted by Gasteiger charge is -2.18. The van der Waals surface area contributed by atoms with Crippen molar-refractivity contribution >= 4 is 15.9 Å². The van der Waals surface area contributed by atoms with E-state index < -0.39 is 22.0 Å². The average molecular weight is 315 g/mol. The van der Waals surface area contributed by atoms with E-state index in [1.165, 1.54) is 19.0 Å². The molecule has 0 aliphatic carbocycles.